The van der Waals surface area contributed by atoms with E-state index in [9.17, 15) is 4.79 Å². The van der Waals surface area contributed by atoms with Gasteiger partial charge in [-0.15, -0.1) is 0 Å². The van der Waals surface area contributed by atoms with Crippen LogP contribution >= 0.6 is 0 Å². The number of benzene rings is 1. The van der Waals surface area contributed by atoms with Gasteiger partial charge in [0.15, 0.2) is 0 Å². The van der Waals surface area contributed by atoms with E-state index in [4.69, 9.17) is 14.7 Å². The zero-order valence-corrected chi connectivity index (χ0v) is 23.1. The number of anilines is 1. The molecule has 37 heavy (non-hydrogen) atoms. The molecule has 3 aliphatic rings. The van der Waals surface area contributed by atoms with Crippen LogP contribution in [-0.4, -0.2) is 71.0 Å². The van der Waals surface area contributed by atoms with Crippen molar-refractivity contribution in [2.45, 2.75) is 102 Å². The van der Waals surface area contributed by atoms with E-state index < -0.39 is 0 Å². The number of aromatic nitrogens is 2. The Morgan fingerprint density at radius 2 is 1.81 bits per heavy atom. The van der Waals surface area contributed by atoms with Crippen molar-refractivity contribution in [1.82, 2.24) is 19.8 Å². The average Bonchev–Trinajstić information content (AvgIpc) is 3.33. The minimum absolute atomic E-state index is 0.297. The summed E-state index contributed by atoms with van der Waals surface area (Å²) >= 11 is 0. The van der Waals surface area contributed by atoms with Crippen LogP contribution in [0.3, 0.4) is 0 Å². The maximum atomic E-state index is 12.0. The molecule has 0 radical (unpaired) electrons. The van der Waals surface area contributed by atoms with Gasteiger partial charge in [-0.05, 0) is 76.5 Å². The van der Waals surface area contributed by atoms with Crippen LogP contribution in [0.4, 0.5) is 5.82 Å². The van der Waals surface area contributed by atoms with E-state index in [0.717, 1.165) is 86.6 Å². The van der Waals surface area contributed by atoms with Crippen LogP contribution < -0.4 is 10.1 Å². The molecule has 2 aromatic rings. The molecular formula is C30H45N5O2. The van der Waals surface area contributed by atoms with Crippen LogP contribution in [0.25, 0.3) is 10.9 Å². The Kier molecular flexibility index (Phi) is 8.48. The summed E-state index contributed by atoms with van der Waals surface area (Å²) in [7, 11) is 1.75. The number of rotatable bonds is 9. The minimum Gasteiger partial charge on any atom is -0.496 e. The highest BCUT2D eigenvalue weighted by atomic mass is 16.5. The molecule has 3 heterocycles. The molecule has 1 saturated carbocycles. The van der Waals surface area contributed by atoms with E-state index in [-0.39, 0.29) is 0 Å². The summed E-state index contributed by atoms with van der Waals surface area (Å²) in [6.45, 7) is 8.54. The molecule has 3 fully saturated rings. The maximum absolute atomic E-state index is 12.0. The number of nitrogens with zero attached hydrogens (tertiary/aromatic N) is 4. The molecule has 1 N–H and O–H groups in total. The normalized spacial score (nSPS) is 20.3. The van der Waals surface area contributed by atoms with Gasteiger partial charge in [0.2, 0.25) is 5.91 Å². The van der Waals surface area contributed by atoms with Crippen molar-refractivity contribution in [3.05, 3.63) is 23.5 Å². The Morgan fingerprint density at radius 1 is 1.03 bits per heavy atom. The summed E-state index contributed by atoms with van der Waals surface area (Å²) in [5, 5.41) is 4.90. The monoisotopic (exact) mass is 507 g/mol. The summed E-state index contributed by atoms with van der Waals surface area (Å²) in [6.07, 6.45) is 12.0. The number of methoxy groups -OCH3 is 1. The molecule has 2 saturated heterocycles. The highest BCUT2D eigenvalue weighted by Crippen LogP contribution is 2.36. The first-order valence-electron chi connectivity index (χ1n) is 14.7. The number of hydrogen-bond donors (Lipinski definition) is 1. The highest BCUT2D eigenvalue weighted by molar-refractivity contribution is 5.91. The number of hydrogen-bond acceptors (Lipinski definition) is 6. The van der Waals surface area contributed by atoms with Gasteiger partial charge >= 0.3 is 0 Å². The van der Waals surface area contributed by atoms with E-state index in [1.54, 1.807) is 7.11 Å². The molecule has 1 aromatic carbocycles. The fraction of sp³-hybridized carbons (Fsp3) is 0.700. The Labute approximate surface area is 222 Å². The first-order valence-corrected chi connectivity index (χ1v) is 14.7. The first kappa shape index (κ1) is 26.2. The molecule has 0 atom stereocenters. The quantitative estimate of drug-likeness (QED) is 0.482. The number of fused-ring (bicyclic) bond motifs is 1. The standard InChI is InChI=1S/C30H45N5O2/c1-21(2)34-17-13-24(14-18-34)31-30-25-20-27(37-3)23(11-7-15-35-16-8-12-28(35)36)19-26(25)32-29(33-30)22-9-5-4-6-10-22/h19-22,24H,4-18H2,1-3H3,(H,31,32,33). The lowest BCUT2D eigenvalue weighted by Gasteiger charge is -2.35. The molecule has 7 heteroatoms. The van der Waals surface area contributed by atoms with E-state index in [1.165, 1.54) is 37.7 Å². The Hall–Kier alpha value is -2.41. The van der Waals surface area contributed by atoms with Crippen LogP contribution in [0.1, 0.15) is 95.4 Å². The minimum atomic E-state index is 0.297. The first-order chi connectivity index (χ1) is 18.0. The zero-order valence-electron chi connectivity index (χ0n) is 23.1. The second-order valence-electron chi connectivity index (χ2n) is 11.6. The van der Waals surface area contributed by atoms with Crippen molar-refractivity contribution < 1.29 is 9.53 Å². The van der Waals surface area contributed by atoms with E-state index >= 15 is 0 Å². The van der Waals surface area contributed by atoms with Crippen molar-refractivity contribution in [1.29, 1.82) is 0 Å². The van der Waals surface area contributed by atoms with Gasteiger partial charge in [0.1, 0.15) is 17.4 Å². The molecule has 1 aliphatic carbocycles. The predicted octanol–water partition coefficient (Wildman–Crippen LogP) is 5.53. The highest BCUT2D eigenvalue weighted by Gasteiger charge is 2.25. The lowest BCUT2D eigenvalue weighted by molar-refractivity contribution is -0.127. The number of aryl methyl sites for hydroxylation is 1. The lowest BCUT2D eigenvalue weighted by Crippen LogP contribution is -2.42. The zero-order chi connectivity index (χ0) is 25.8. The van der Waals surface area contributed by atoms with Gasteiger partial charge in [0, 0.05) is 56.0 Å². The fourth-order valence-electron chi connectivity index (χ4n) is 6.41. The molecule has 5 rings (SSSR count). The second-order valence-corrected chi connectivity index (χ2v) is 11.6. The van der Waals surface area contributed by atoms with Crippen LogP contribution in [0.2, 0.25) is 0 Å². The Morgan fingerprint density at radius 3 is 2.49 bits per heavy atom. The second kappa shape index (κ2) is 12.0. The third-order valence-corrected chi connectivity index (χ3v) is 8.73. The molecule has 0 spiro atoms. The summed E-state index contributed by atoms with van der Waals surface area (Å²) < 4.78 is 5.86. The van der Waals surface area contributed by atoms with E-state index in [1.807, 2.05) is 4.90 Å². The SMILES string of the molecule is COc1cc2c(NC3CCN(C(C)C)CC3)nc(C3CCCCC3)nc2cc1CCCN1CCCC1=O. The lowest BCUT2D eigenvalue weighted by atomic mass is 9.88. The summed E-state index contributed by atoms with van der Waals surface area (Å²) in [6, 6.07) is 5.39. The smallest absolute Gasteiger partial charge is 0.222 e. The van der Waals surface area contributed by atoms with Gasteiger partial charge in [0.05, 0.1) is 12.6 Å². The Bertz CT molecular complexity index is 1070. The Balaban J connectivity index is 1.41. The number of carbonyl (C=O) groups is 1. The predicted molar refractivity (Wildman–Crippen MR) is 149 cm³/mol. The summed E-state index contributed by atoms with van der Waals surface area (Å²) in [5.74, 6) is 3.62. The van der Waals surface area contributed by atoms with E-state index in [0.29, 0.717) is 30.3 Å². The van der Waals surface area contributed by atoms with Gasteiger partial charge in [-0.2, -0.15) is 0 Å². The van der Waals surface area contributed by atoms with Gasteiger partial charge in [-0.25, -0.2) is 9.97 Å². The number of nitrogens with one attached hydrogen (secondary N) is 1. The third-order valence-electron chi connectivity index (χ3n) is 8.73. The molecule has 1 aromatic heterocycles. The fourth-order valence-corrected chi connectivity index (χ4v) is 6.41. The van der Waals surface area contributed by atoms with Gasteiger partial charge in [-0.3, -0.25) is 4.79 Å². The number of likely N-dealkylation sites (tertiary alicyclic amines) is 2. The van der Waals surface area contributed by atoms with Gasteiger partial charge in [0.25, 0.3) is 0 Å². The maximum Gasteiger partial charge on any atom is 0.222 e. The van der Waals surface area contributed by atoms with Gasteiger partial charge in [-0.1, -0.05) is 19.3 Å². The van der Waals surface area contributed by atoms with Crippen molar-refractivity contribution in [3.8, 4) is 5.75 Å². The topological polar surface area (TPSA) is 70.6 Å². The van der Waals surface area contributed by atoms with Crippen LogP contribution in [0.15, 0.2) is 12.1 Å². The molecule has 1 amide bonds. The molecule has 0 unspecified atom stereocenters. The van der Waals surface area contributed by atoms with Gasteiger partial charge < -0.3 is 19.9 Å². The van der Waals surface area contributed by atoms with Crippen LogP contribution in [0.5, 0.6) is 5.75 Å². The average molecular weight is 508 g/mol. The molecule has 0 bridgehead atoms. The van der Waals surface area contributed by atoms with E-state index in [2.05, 4.69) is 36.2 Å². The summed E-state index contributed by atoms with van der Waals surface area (Å²) in [5.41, 5.74) is 2.19. The van der Waals surface area contributed by atoms with Crippen molar-refractivity contribution in [3.63, 3.8) is 0 Å². The number of carbonyl (C=O) groups excluding carboxylic acids is 1. The number of ether oxygens (including phenoxy) is 1. The molecule has 7 nitrogen and oxygen atoms in total. The summed E-state index contributed by atoms with van der Waals surface area (Å²) in [4.78, 5) is 26.9. The van der Waals surface area contributed by atoms with Crippen molar-refractivity contribution >= 4 is 22.6 Å². The molecular weight excluding hydrogens is 462 g/mol. The number of piperidine rings is 1. The molecule has 202 valence electrons. The number of amides is 1. The largest absolute Gasteiger partial charge is 0.496 e. The third kappa shape index (κ3) is 6.19. The molecule has 2 aliphatic heterocycles. The van der Waals surface area contributed by atoms with Crippen LogP contribution in [-0.2, 0) is 11.2 Å². The van der Waals surface area contributed by atoms with Crippen LogP contribution in [0, 0.1) is 0 Å². The van der Waals surface area contributed by atoms with Crippen molar-refractivity contribution in [2.75, 3.05) is 38.6 Å². The van der Waals surface area contributed by atoms with Crippen molar-refractivity contribution in [2.24, 2.45) is 0 Å².